The van der Waals surface area contributed by atoms with Crippen molar-refractivity contribution in [2.75, 3.05) is 44.7 Å². The van der Waals surface area contributed by atoms with Crippen LogP contribution in [-0.4, -0.2) is 50.7 Å². The number of hydrogen-bond donors (Lipinski definition) is 0. The number of ether oxygens (including phenoxy) is 1. The van der Waals surface area contributed by atoms with Crippen LogP contribution in [0, 0.1) is 11.3 Å². The Kier molecular flexibility index (Phi) is 5.78. The molecule has 1 heterocycles. The van der Waals surface area contributed by atoms with Crippen molar-refractivity contribution in [3.8, 4) is 6.07 Å². The molecule has 1 saturated heterocycles. The standard InChI is InChI=1S/C18H23N3O2/c1-4-23-18(22)17(13-19)14(2)15-5-7-16(8-6-15)21-11-9-20(3)10-12-21/h5-8H,4,9-12H2,1-3H3. The number of carbonyl (C=O) groups is 1. The van der Waals surface area contributed by atoms with Crippen molar-refractivity contribution in [2.45, 2.75) is 13.8 Å². The minimum Gasteiger partial charge on any atom is -0.462 e. The third-order valence-corrected chi connectivity index (χ3v) is 4.14. The van der Waals surface area contributed by atoms with E-state index in [0.29, 0.717) is 5.57 Å². The second kappa shape index (κ2) is 7.80. The summed E-state index contributed by atoms with van der Waals surface area (Å²) >= 11 is 0. The van der Waals surface area contributed by atoms with Gasteiger partial charge >= 0.3 is 5.97 Å². The summed E-state index contributed by atoms with van der Waals surface area (Å²) in [6.45, 7) is 7.91. The van der Waals surface area contributed by atoms with Crippen molar-refractivity contribution >= 4 is 17.2 Å². The Balaban J connectivity index is 2.18. The van der Waals surface area contributed by atoms with Crippen LogP contribution >= 0.6 is 0 Å². The Morgan fingerprint density at radius 3 is 2.35 bits per heavy atom. The number of nitriles is 1. The smallest absolute Gasteiger partial charge is 0.349 e. The largest absolute Gasteiger partial charge is 0.462 e. The molecule has 0 radical (unpaired) electrons. The summed E-state index contributed by atoms with van der Waals surface area (Å²) in [6.07, 6.45) is 0. The SMILES string of the molecule is CCOC(=O)C(C#N)=C(C)c1ccc(N2CCN(C)CC2)cc1. The number of carbonyl (C=O) groups excluding carboxylic acids is 1. The number of nitrogens with zero attached hydrogens (tertiary/aromatic N) is 3. The maximum atomic E-state index is 11.8. The van der Waals surface area contributed by atoms with Crippen LogP contribution < -0.4 is 4.90 Å². The third kappa shape index (κ3) is 4.11. The van der Waals surface area contributed by atoms with Gasteiger partial charge in [-0.25, -0.2) is 4.79 Å². The maximum absolute atomic E-state index is 11.8. The molecule has 0 saturated carbocycles. The van der Waals surface area contributed by atoms with E-state index in [1.54, 1.807) is 13.8 Å². The lowest BCUT2D eigenvalue weighted by molar-refractivity contribution is -0.137. The molecule has 122 valence electrons. The molecule has 0 amide bonds. The Labute approximate surface area is 137 Å². The first-order valence-corrected chi connectivity index (χ1v) is 7.88. The summed E-state index contributed by atoms with van der Waals surface area (Å²) in [6, 6.07) is 9.96. The van der Waals surface area contributed by atoms with Crippen LogP contribution in [0.4, 0.5) is 5.69 Å². The molecule has 1 fully saturated rings. The van der Waals surface area contributed by atoms with Crippen molar-refractivity contribution in [3.05, 3.63) is 35.4 Å². The molecule has 5 heteroatoms. The molecular formula is C18H23N3O2. The summed E-state index contributed by atoms with van der Waals surface area (Å²) in [5.41, 5.74) is 2.76. The number of piperazine rings is 1. The van der Waals surface area contributed by atoms with Gasteiger partial charge in [-0.1, -0.05) is 12.1 Å². The van der Waals surface area contributed by atoms with Gasteiger partial charge in [-0.15, -0.1) is 0 Å². The molecule has 2 rings (SSSR count). The zero-order valence-electron chi connectivity index (χ0n) is 14.0. The highest BCUT2D eigenvalue weighted by atomic mass is 16.5. The molecule has 0 unspecified atom stereocenters. The van der Waals surface area contributed by atoms with E-state index in [2.05, 4.69) is 16.8 Å². The van der Waals surface area contributed by atoms with Crippen LogP contribution in [0.3, 0.4) is 0 Å². The second-order valence-electron chi connectivity index (χ2n) is 5.67. The maximum Gasteiger partial charge on any atom is 0.349 e. The fourth-order valence-electron chi connectivity index (χ4n) is 2.62. The van der Waals surface area contributed by atoms with Crippen molar-refractivity contribution in [1.82, 2.24) is 4.90 Å². The van der Waals surface area contributed by atoms with Gasteiger partial charge in [0.15, 0.2) is 0 Å². The Hall–Kier alpha value is -2.32. The highest BCUT2D eigenvalue weighted by molar-refractivity contribution is 6.01. The van der Waals surface area contributed by atoms with E-state index in [-0.39, 0.29) is 12.2 Å². The van der Waals surface area contributed by atoms with Gasteiger partial charge in [0.05, 0.1) is 6.61 Å². The number of esters is 1. The Morgan fingerprint density at radius 1 is 1.22 bits per heavy atom. The lowest BCUT2D eigenvalue weighted by Gasteiger charge is -2.34. The second-order valence-corrected chi connectivity index (χ2v) is 5.67. The van der Waals surface area contributed by atoms with Crippen molar-refractivity contribution in [2.24, 2.45) is 0 Å². The number of hydrogen-bond acceptors (Lipinski definition) is 5. The molecule has 0 spiro atoms. The highest BCUT2D eigenvalue weighted by Gasteiger charge is 2.16. The highest BCUT2D eigenvalue weighted by Crippen LogP contribution is 2.23. The number of benzene rings is 1. The first-order valence-electron chi connectivity index (χ1n) is 7.88. The lowest BCUT2D eigenvalue weighted by atomic mass is 10.0. The summed E-state index contributed by atoms with van der Waals surface area (Å²) in [4.78, 5) is 16.5. The van der Waals surface area contributed by atoms with Gasteiger partial charge in [0.25, 0.3) is 0 Å². The van der Waals surface area contributed by atoms with Crippen LogP contribution in [0.2, 0.25) is 0 Å². The molecule has 1 aliphatic heterocycles. The Bertz CT molecular complexity index is 621. The van der Waals surface area contributed by atoms with Crippen LogP contribution in [0.5, 0.6) is 0 Å². The first-order chi connectivity index (χ1) is 11.1. The first kappa shape index (κ1) is 17.0. The normalized spacial score (nSPS) is 16.5. The quantitative estimate of drug-likeness (QED) is 0.485. The number of rotatable bonds is 4. The van der Waals surface area contributed by atoms with Crippen molar-refractivity contribution < 1.29 is 9.53 Å². The van der Waals surface area contributed by atoms with Gasteiger partial charge in [-0.3, -0.25) is 0 Å². The third-order valence-electron chi connectivity index (χ3n) is 4.14. The molecule has 0 bridgehead atoms. The topological polar surface area (TPSA) is 56.6 Å². The van der Waals surface area contributed by atoms with E-state index in [1.165, 1.54) is 5.69 Å². The predicted molar refractivity (Wildman–Crippen MR) is 91.0 cm³/mol. The zero-order valence-corrected chi connectivity index (χ0v) is 14.0. The van der Waals surface area contributed by atoms with E-state index in [9.17, 15) is 10.1 Å². The van der Waals surface area contributed by atoms with Gasteiger partial charge in [0.2, 0.25) is 0 Å². The van der Waals surface area contributed by atoms with E-state index in [0.717, 1.165) is 31.7 Å². The van der Waals surface area contributed by atoms with Gasteiger partial charge in [-0.05, 0) is 44.2 Å². The minimum atomic E-state index is -0.560. The molecule has 0 atom stereocenters. The predicted octanol–water partition coefficient (Wildman–Crippen LogP) is 2.30. The number of allylic oxidation sites excluding steroid dienone is 1. The summed E-state index contributed by atoms with van der Waals surface area (Å²) in [7, 11) is 2.13. The van der Waals surface area contributed by atoms with Crippen molar-refractivity contribution in [3.63, 3.8) is 0 Å². The molecule has 1 aromatic carbocycles. The van der Waals surface area contributed by atoms with Gasteiger partial charge in [0, 0.05) is 31.9 Å². The Morgan fingerprint density at radius 2 is 1.83 bits per heavy atom. The molecule has 5 nitrogen and oxygen atoms in total. The van der Waals surface area contributed by atoms with E-state index < -0.39 is 5.97 Å². The summed E-state index contributed by atoms with van der Waals surface area (Å²) in [5, 5.41) is 9.22. The lowest BCUT2D eigenvalue weighted by Crippen LogP contribution is -2.44. The van der Waals surface area contributed by atoms with Crippen LogP contribution in [0.25, 0.3) is 5.57 Å². The fourth-order valence-corrected chi connectivity index (χ4v) is 2.62. The summed E-state index contributed by atoms with van der Waals surface area (Å²) in [5.74, 6) is -0.560. The van der Waals surface area contributed by atoms with Gasteiger partial charge in [0.1, 0.15) is 11.6 Å². The van der Waals surface area contributed by atoms with Crippen LogP contribution in [0.15, 0.2) is 29.8 Å². The van der Waals surface area contributed by atoms with Gasteiger partial charge in [-0.2, -0.15) is 5.26 Å². The minimum absolute atomic E-state index is 0.0687. The van der Waals surface area contributed by atoms with E-state index >= 15 is 0 Å². The number of likely N-dealkylation sites (N-methyl/N-ethyl adjacent to an activating group) is 1. The van der Waals surface area contributed by atoms with Crippen LogP contribution in [-0.2, 0) is 9.53 Å². The number of anilines is 1. The molecule has 1 aromatic rings. The van der Waals surface area contributed by atoms with Gasteiger partial charge < -0.3 is 14.5 Å². The van der Waals surface area contributed by atoms with E-state index in [4.69, 9.17) is 4.74 Å². The average molecular weight is 313 g/mol. The van der Waals surface area contributed by atoms with E-state index in [1.807, 2.05) is 30.3 Å². The average Bonchev–Trinajstić information content (AvgIpc) is 2.56. The monoisotopic (exact) mass is 313 g/mol. The molecular weight excluding hydrogens is 290 g/mol. The molecule has 1 aliphatic rings. The van der Waals surface area contributed by atoms with Crippen molar-refractivity contribution in [1.29, 1.82) is 5.26 Å². The molecule has 0 aliphatic carbocycles. The molecule has 23 heavy (non-hydrogen) atoms. The zero-order chi connectivity index (χ0) is 16.8. The van der Waals surface area contributed by atoms with Crippen LogP contribution in [0.1, 0.15) is 19.4 Å². The fraction of sp³-hybridized carbons (Fsp3) is 0.444. The molecule has 0 N–H and O–H groups in total. The summed E-state index contributed by atoms with van der Waals surface area (Å²) < 4.78 is 4.93. The molecule has 0 aromatic heterocycles.